The second-order valence-electron chi connectivity index (χ2n) is 5.18. The van der Waals surface area contributed by atoms with E-state index in [9.17, 15) is 14.7 Å². The van der Waals surface area contributed by atoms with Crippen molar-refractivity contribution in [3.05, 3.63) is 59.9 Å². The van der Waals surface area contributed by atoms with E-state index < -0.39 is 11.4 Å². The summed E-state index contributed by atoms with van der Waals surface area (Å²) in [7, 11) is 0. The summed E-state index contributed by atoms with van der Waals surface area (Å²) in [6.45, 7) is 3.27. The molecular formula is C16H16N2O3. The lowest BCUT2D eigenvalue weighted by atomic mass is 9.85. The first kappa shape index (κ1) is 14.7. The quantitative estimate of drug-likeness (QED) is 0.904. The van der Waals surface area contributed by atoms with Crippen molar-refractivity contribution < 1.29 is 14.7 Å². The summed E-state index contributed by atoms with van der Waals surface area (Å²) in [5, 5.41) is 11.9. The Hall–Kier alpha value is -2.69. The minimum absolute atomic E-state index is 0.305. The number of aromatic nitrogens is 1. The van der Waals surface area contributed by atoms with Crippen LogP contribution in [0.25, 0.3) is 0 Å². The highest BCUT2D eigenvalue weighted by atomic mass is 16.4. The highest BCUT2D eigenvalue weighted by molar-refractivity contribution is 6.02. The molecule has 0 radical (unpaired) electrons. The zero-order valence-electron chi connectivity index (χ0n) is 11.8. The third kappa shape index (κ3) is 3.25. The molecular weight excluding hydrogens is 268 g/mol. The Morgan fingerprint density at radius 1 is 1.10 bits per heavy atom. The van der Waals surface area contributed by atoms with E-state index in [-0.39, 0.29) is 5.91 Å². The number of carboxylic acids is 1. The Morgan fingerprint density at radius 3 is 2.29 bits per heavy atom. The van der Waals surface area contributed by atoms with Crippen molar-refractivity contribution >= 4 is 17.6 Å². The van der Waals surface area contributed by atoms with Gasteiger partial charge in [0.1, 0.15) is 5.69 Å². The molecule has 2 rings (SSSR count). The first-order valence-electron chi connectivity index (χ1n) is 6.47. The molecule has 5 nitrogen and oxygen atoms in total. The Morgan fingerprint density at radius 2 is 1.76 bits per heavy atom. The van der Waals surface area contributed by atoms with Gasteiger partial charge < -0.3 is 10.4 Å². The van der Waals surface area contributed by atoms with Crippen molar-refractivity contribution in [2.24, 2.45) is 0 Å². The number of rotatable bonds is 4. The van der Waals surface area contributed by atoms with Crippen LogP contribution in [0.1, 0.15) is 29.9 Å². The molecule has 0 aliphatic carbocycles. The van der Waals surface area contributed by atoms with Gasteiger partial charge in [-0.25, -0.2) is 0 Å². The summed E-state index contributed by atoms with van der Waals surface area (Å²) in [4.78, 5) is 27.1. The van der Waals surface area contributed by atoms with Crippen molar-refractivity contribution in [3.63, 3.8) is 0 Å². The van der Waals surface area contributed by atoms with Crippen LogP contribution >= 0.6 is 0 Å². The molecule has 0 saturated carbocycles. The van der Waals surface area contributed by atoms with E-state index in [1.165, 1.54) is 0 Å². The summed E-state index contributed by atoms with van der Waals surface area (Å²) in [5.41, 5.74) is 0.623. The maximum atomic E-state index is 11.9. The SMILES string of the molecule is CC(C)(C(=O)O)c1ccc(NC(=O)c2ccccn2)cc1. The molecule has 21 heavy (non-hydrogen) atoms. The third-order valence-electron chi connectivity index (χ3n) is 3.30. The largest absolute Gasteiger partial charge is 0.481 e. The summed E-state index contributed by atoms with van der Waals surface area (Å²) in [6.07, 6.45) is 1.55. The third-order valence-corrected chi connectivity index (χ3v) is 3.30. The van der Waals surface area contributed by atoms with E-state index in [0.29, 0.717) is 16.9 Å². The summed E-state index contributed by atoms with van der Waals surface area (Å²) in [6, 6.07) is 11.9. The topological polar surface area (TPSA) is 79.3 Å². The molecule has 108 valence electrons. The number of anilines is 1. The van der Waals surface area contributed by atoms with Gasteiger partial charge >= 0.3 is 5.97 Å². The first-order valence-corrected chi connectivity index (χ1v) is 6.47. The number of aliphatic carboxylic acids is 1. The van der Waals surface area contributed by atoms with Crippen molar-refractivity contribution in [3.8, 4) is 0 Å². The summed E-state index contributed by atoms with van der Waals surface area (Å²) < 4.78 is 0. The standard InChI is InChI=1S/C16H16N2O3/c1-16(2,15(20)21)11-6-8-12(9-7-11)18-14(19)13-5-3-4-10-17-13/h3-10H,1-2H3,(H,18,19)(H,20,21). The van der Waals surface area contributed by atoms with Crippen LogP contribution in [-0.4, -0.2) is 22.0 Å². The van der Waals surface area contributed by atoms with E-state index in [2.05, 4.69) is 10.3 Å². The van der Waals surface area contributed by atoms with Crippen LogP contribution in [0.3, 0.4) is 0 Å². The maximum absolute atomic E-state index is 11.9. The van der Waals surface area contributed by atoms with E-state index in [4.69, 9.17) is 0 Å². The van der Waals surface area contributed by atoms with Gasteiger partial charge in [-0.1, -0.05) is 18.2 Å². The molecule has 0 saturated heterocycles. The molecule has 5 heteroatoms. The van der Waals surface area contributed by atoms with E-state index in [1.807, 2.05) is 0 Å². The molecule has 1 aromatic heterocycles. The van der Waals surface area contributed by atoms with Crippen LogP contribution in [-0.2, 0) is 10.2 Å². The number of amides is 1. The molecule has 1 amide bonds. The number of hydrogen-bond donors (Lipinski definition) is 2. The zero-order chi connectivity index (χ0) is 15.5. The van der Waals surface area contributed by atoms with Gasteiger partial charge in [-0.15, -0.1) is 0 Å². The number of hydrogen-bond acceptors (Lipinski definition) is 3. The van der Waals surface area contributed by atoms with Gasteiger partial charge in [-0.2, -0.15) is 0 Å². The first-order chi connectivity index (χ1) is 9.91. The monoisotopic (exact) mass is 284 g/mol. The minimum atomic E-state index is -0.969. The molecule has 0 aliphatic heterocycles. The predicted octanol–water partition coefficient (Wildman–Crippen LogP) is 2.70. The Kier molecular flexibility index (Phi) is 4.03. The van der Waals surface area contributed by atoms with Crippen LogP contribution in [0.4, 0.5) is 5.69 Å². The van der Waals surface area contributed by atoms with E-state index in [0.717, 1.165) is 0 Å². The summed E-state index contributed by atoms with van der Waals surface area (Å²) >= 11 is 0. The number of pyridine rings is 1. The minimum Gasteiger partial charge on any atom is -0.481 e. The highest BCUT2D eigenvalue weighted by Gasteiger charge is 2.29. The average Bonchev–Trinajstić information content (AvgIpc) is 2.48. The fourth-order valence-electron chi connectivity index (χ4n) is 1.79. The Bertz CT molecular complexity index is 649. The maximum Gasteiger partial charge on any atom is 0.313 e. The molecule has 0 aliphatic rings. The van der Waals surface area contributed by atoms with Crippen molar-refractivity contribution in [1.29, 1.82) is 0 Å². The van der Waals surface area contributed by atoms with E-state index >= 15 is 0 Å². The van der Waals surface area contributed by atoms with Crippen molar-refractivity contribution in [2.45, 2.75) is 19.3 Å². The molecule has 2 N–H and O–H groups in total. The number of carboxylic acid groups (broad SMARTS) is 1. The predicted molar refractivity (Wildman–Crippen MR) is 79.3 cm³/mol. The fraction of sp³-hybridized carbons (Fsp3) is 0.188. The van der Waals surface area contributed by atoms with Gasteiger partial charge in [0.25, 0.3) is 5.91 Å². The van der Waals surface area contributed by atoms with Crippen LogP contribution in [0.2, 0.25) is 0 Å². The normalized spacial score (nSPS) is 11.0. The number of carbonyl (C=O) groups is 2. The number of carbonyl (C=O) groups excluding carboxylic acids is 1. The number of nitrogens with zero attached hydrogens (tertiary/aromatic N) is 1. The number of benzene rings is 1. The van der Waals surface area contributed by atoms with Crippen LogP contribution in [0, 0.1) is 0 Å². The average molecular weight is 284 g/mol. The van der Waals surface area contributed by atoms with Gasteiger partial charge in [0.05, 0.1) is 5.41 Å². The fourth-order valence-corrected chi connectivity index (χ4v) is 1.79. The molecule has 1 aromatic carbocycles. The lowest BCUT2D eigenvalue weighted by Gasteiger charge is -2.19. The molecule has 0 spiro atoms. The van der Waals surface area contributed by atoms with Gasteiger partial charge in [0.2, 0.25) is 0 Å². The molecule has 0 fully saturated rings. The van der Waals surface area contributed by atoms with Gasteiger partial charge in [0, 0.05) is 11.9 Å². The van der Waals surface area contributed by atoms with Gasteiger partial charge in [-0.3, -0.25) is 14.6 Å². The molecule has 1 heterocycles. The molecule has 2 aromatic rings. The second kappa shape index (κ2) is 5.75. The molecule has 0 bridgehead atoms. The second-order valence-corrected chi connectivity index (χ2v) is 5.18. The van der Waals surface area contributed by atoms with Crippen LogP contribution < -0.4 is 5.32 Å². The van der Waals surface area contributed by atoms with Gasteiger partial charge in [-0.05, 0) is 43.7 Å². The zero-order valence-corrected chi connectivity index (χ0v) is 11.8. The molecule has 0 atom stereocenters. The smallest absolute Gasteiger partial charge is 0.313 e. The lowest BCUT2D eigenvalue weighted by Crippen LogP contribution is -2.28. The van der Waals surface area contributed by atoms with Crippen molar-refractivity contribution in [1.82, 2.24) is 4.98 Å². The number of nitrogens with one attached hydrogen (secondary N) is 1. The van der Waals surface area contributed by atoms with Crippen LogP contribution in [0.5, 0.6) is 0 Å². The van der Waals surface area contributed by atoms with Gasteiger partial charge in [0.15, 0.2) is 0 Å². The Balaban J connectivity index is 2.14. The highest BCUT2D eigenvalue weighted by Crippen LogP contribution is 2.24. The summed E-state index contributed by atoms with van der Waals surface area (Å²) in [5.74, 6) is -1.20. The lowest BCUT2D eigenvalue weighted by molar-refractivity contribution is -0.142. The van der Waals surface area contributed by atoms with E-state index in [1.54, 1.807) is 62.5 Å². The van der Waals surface area contributed by atoms with Crippen molar-refractivity contribution in [2.75, 3.05) is 5.32 Å². The van der Waals surface area contributed by atoms with Crippen LogP contribution in [0.15, 0.2) is 48.7 Å². The molecule has 0 unspecified atom stereocenters. The Labute approximate surface area is 122 Å².